The van der Waals surface area contributed by atoms with Crippen molar-refractivity contribution in [3.63, 3.8) is 0 Å². The molecule has 0 atom stereocenters. The van der Waals surface area contributed by atoms with Crippen LogP contribution in [0.3, 0.4) is 0 Å². The molecule has 4 nitrogen and oxygen atoms in total. The van der Waals surface area contributed by atoms with Crippen LogP contribution >= 0.6 is 23.2 Å². The minimum absolute atomic E-state index is 0.366. The van der Waals surface area contributed by atoms with E-state index in [-0.39, 0.29) is 5.76 Å². The molecule has 1 aromatic heterocycles. The number of para-hydroxylation sites is 2. The highest BCUT2D eigenvalue weighted by Gasteiger charge is 2.11. The van der Waals surface area contributed by atoms with Gasteiger partial charge in [-0.25, -0.2) is 4.79 Å². The Balaban J connectivity index is 1.82. The van der Waals surface area contributed by atoms with Gasteiger partial charge in [-0.1, -0.05) is 41.4 Å². The highest BCUT2D eigenvalue weighted by Crippen LogP contribution is 2.22. The molecule has 0 aliphatic carbocycles. The zero-order valence-corrected chi connectivity index (χ0v) is 13.4. The predicted octanol–water partition coefficient (Wildman–Crippen LogP) is 3.99. The molecule has 3 rings (SSSR count). The Kier molecular flexibility index (Phi) is 4.25. The summed E-state index contributed by atoms with van der Waals surface area (Å²) in [4.78, 5) is 13.9. The van der Waals surface area contributed by atoms with Gasteiger partial charge in [0.2, 0.25) is 0 Å². The van der Waals surface area contributed by atoms with E-state index >= 15 is 0 Å². The highest BCUT2D eigenvalue weighted by atomic mass is 35.5. The molecule has 1 heterocycles. The summed E-state index contributed by atoms with van der Waals surface area (Å²) in [6.45, 7) is 1.01. The van der Waals surface area contributed by atoms with Crippen molar-refractivity contribution in [1.82, 2.24) is 9.47 Å². The zero-order chi connectivity index (χ0) is 15.7. The Morgan fingerprint density at radius 3 is 2.73 bits per heavy atom. The molecule has 0 aliphatic heterocycles. The molecule has 6 heteroatoms. The SMILES string of the molecule is CN(Cc1ccc(Cl)cc1Cl)Cn1c(=O)oc2ccccc21. The van der Waals surface area contributed by atoms with Gasteiger partial charge in [-0.15, -0.1) is 0 Å². The lowest BCUT2D eigenvalue weighted by Crippen LogP contribution is -2.27. The molecule has 0 amide bonds. The van der Waals surface area contributed by atoms with Crippen LogP contribution in [0.15, 0.2) is 51.7 Å². The van der Waals surface area contributed by atoms with E-state index in [1.54, 1.807) is 22.8 Å². The van der Waals surface area contributed by atoms with Crippen LogP contribution in [0.5, 0.6) is 0 Å². The summed E-state index contributed by atoms with van der Waals surface area (Å²) >= 11 is 12.1. The summed E-state index contributed by atoms with van der Waals surface area (Å²) in [5.74, 6) is -0.366. The highest BCUT2D eigenvalue weighted by molar-refractivity contribution is 6.35. The molecule has 0 bridgehead atoms. The first kappa shape index (κ1) is 15.2. The van der Waals surface area contributed by atoms with E-state index in [4.69, 9.17) is 27.6 Å². The number of aromatic nitrogens is 1. The Morgan fingerprint density at radius 2 is 1.95 bits per heavy atom. The summed E-state index contributed by atoms with van der Waals surface area (Å²) in [5, 5.41) is 1.22. The number of rotatable bonds is 4. The molecule has 3 aromatic rings. The van der Waals surface area contributed by atoms with Gasteiger partial charge in [0.25, 0.3) is 0 Å². The second-order valence-corrected chi connectivity index (χ2v) is 6.00. The minimum Gasteiger partial charge on any atom is -0.408 e. The Bertz CT molecular complexity index is 870. The lowest BCUT2D eigenvalue weighted by Gasteiger charge is -2.17. The second-order valence-electron chi connectivity index (χ2n) is 5.16. The van der Waals surface area contributed by atoms with Gasteiger partial charge in [-0.3, -0.25) is 9.47 Å². The number of nitrogens with zero attached hydrogens (tertiary/aromatic N) is 2. The van der Waals surface area contributed by atoms with Gasteiger partial charge in [-0.05, 0) is 36.9 Å². The number of halogens is 2. The van der Waals surface area contributed by atoms with Crippen molar-refractivity contribution >= 4 is 34.3 Å². The quantitative estimate of drug-likeness (QED) is 0.722. The number of hydrogen-bond donors (Lipinski definition) is 0. The van der Waals surface area contributed by atoms with E-state index in [1.165, 1.54) is 0 Å². The number of hydrogen-bond acceptors (Lipinski definition) is 3. The van der Waals surface area contributed by atoms with Crippen LogP contribution in [0, 0.1) is 0 Å². The Hall–Kier alpha value is -1.75. The summed E-state index contributed by atoms with van der Waals surface area (Å²) < 4.78 is 6.82. The van der Waals surface area contributed by atoms with Crippen LogP contribution in [0.4, 0.5) is 0 Å². The summed E-state index contributed by atoms with van der Waals surface area (Å²) in [5.41, 5.74) is 2.32. The molecule has 22 heavy (non-hydrogen) atoms. The number of fused-ring (bicyclic) bond motifs is 1. The van der Waals surface area contributed by atoms with E-state index in [0.29, 0.717) is 28.8 Å². The minimum atomic E-state index is -0.366. The third kappa shape index (κ3) is 3.04. The third-order valence-corrected chi connectivity index (χ3v) is 4.00. The Morgan fingerprint density at radius 1 is 1.18 bits per heavy atom. The summed E-state index contributed by atoms with van der Waals surface area (Å²) in [6, 6.07) is 12.8. The largest absolute Gasteiger partial charge is 0.421 e. The molecule has 0 fully saturated rings. The third-order valence-electron chi connectivity index (χ3n) is 3.41. The van der Waals surface area contributed by atoms with Crippen LogP contribution in [0.1, 0.15) is 5.56 Å². The first-order valence-corrected chi connectivity index (χ1v) is 7.51. The first-order valence-electron chi connectivity index (χ1n) is 6.75. The van der Waals surface area contributed by atoms with E-state index in [9.17, 15) is 4.79 Å². The van der Waals surface area contributed by atoms with Crippen LogP contribution in [0.2, 0.25) is 10.0 Å². The van der Waals surface area contributed by atoms with Crippen molar-refractivity contribution in [2.24, 2.45) is 0 Å². The van der Waals surface area contributed by atoms with Gasteiger partial charge in [0.1, 0.15) is 0 Å². The maximum absolute atomic E-state index is 12.0. The van der Waals surface area contributed by atoms with Crippen LogP contribution in [-0.4, -0.2) is 16.5 Å². The molecule has 114 valence electrons. The topological polar surface area (TPSA) is 38.4 Å². The van der Waals surface area contributed by atoms with E-state index < -0.39 is 0 Å². The smallest absolute Gasteiger partial charge is 0.408 e. The van der Waals surface area contributed by atoms with Crippen molar-refractivity contribution in [1.29, 1.82) is 0 Å². The maximum Gasteiger partial charge on any atom is 0.421 e. The van der Waals surface area contributed by atoms with Crippen molar-refractivity contribution in [2.45, 2.75) is 13.2 Å². The van der Waals surface area contributed by atoms with Gasteiger partial charge in [0.15, 0.2) is 5.58 Å². The van der Waals surface area contributed by atoms with E-state index in [2.05, 4.69) is 0 Å². The van der Waals surface area contributed by atoms with E-state index in [1.807, 2.05) is 36.2 Å². The standard InChI is InChI=1S/C16H14Cl2N2O2/c1-19(9-11-6-7-12(17)8-13(11)18)10-20-14-4-2-3-5-15(14)22-16(20)21/h2-8H,9-10H2,1H3. The lowest BCUT2D eigenvalue weighted by atomic mass is 10.2. The fourth-order valence-electron chi connectivity index (χ4n) is 2.38. The van der Waals surface area contributed by atoms with Crippen molar-refractivity contribution in [3.05, 3.63) is 68.6 Å². The summed E-state index contributed by atoms with van der Waals surface area (Å²) in [7, 11) is 1.92. The maximum atomic E-state index is 12.0. The normalized spacial score (nSPS) is 11.5. The average Bonchev–Trinajstić information content (AvgIpc) is 2.78. The molecule has 0 spiro atoms. The molecule has 0 N–H and O–H groups in total. The zero-order valence-electron chi connectivity index (χ0n) is 11.9. The number of oxazole rings is 1. The average molecular weight is 337 g/mol. The Labute approximate surface area is 137 Å². The van der Waals surface area contributed by atoms with Gasteiger partial charge < -0.3 is 4.42 Å². The van der Waals surface area contributed by atoms with Crippen LogP contribution in [-0.2, 0) is 13.2 Å². The van der Waals surface area contributed by atoms with Gasteiger partial charge in [0.05, 0.1) is 12.2 Å². The van der Waals surface area contributed by atoms with Gasteiger partial charge >= 0.3 is 5.76 Å². The molecular weight excluding hydrogens is 323 g/mol. The monoisotopic (exact) mass is 336 g/mol. The van der Waals surface area contributed by atoms with Crippen LogP contribution in [0.25, 0.3) is 11.1 Å². The molecule has 0 saturated heterocycles. The van der Waals surface area contributed by atoms with Gasteiger partial charge in [-0.2, -0.15) is 0 Å². The number of benzene rings is 2. The van der Waals surface area contributed by atoms with E-state index in [0.717, 1.165) is 11.1 Å². The summed E-state index contributed by atoms with van der Waals surface area (Å²) in [6.07, 6.45) is 0. The van der Waals surface area contributed by atoms with Crippen molar-refractivity contribution in [2.75, 3.05) is 7.05 Å². The van der Waals surface area contributed by atoms with Crippen molar-refractivity contribution < 1.29 is 4.42 Å². The first-order chi connectivity index (χ1) is 10.5. The molecule has 0 aliphatic rings. The molecule has 2 aromatic carbocycles. The molecule has 0 saturated carbocycles. The molecule has 0 unspecified atom stereocenters. The lowest BCUT2D eigenvalue weighted by molar-refractivity contribution is 0.253. The van der Waals surface area contributed by atoms with Crippen molar-refractivity contribution in [3.8, 4) is 0 Å². The van der Waals surface area contributed by atoms with Gasteiger partial charge in [0, 0.05) is 16.6 Å². The predicted molar refractivity (Wildman–Crippen MR) is 88.4 cm³/mol. The van der Waals surface area contributed by atoms with Crippen LogP contribution < -0.4 is 5.76 Å². The fourth-order valence-corrected chi connectivity index (χ4v) is 2.85. The second kappa shape index (κ2) is 6.16. The molecular formula is C16H14Cl2N2O2. The molecule has 0 radical (unpaired) electrons. The fraction of sp³-hybridized carbons (Fsp3) is 0.188.